The summed E-state index contributed by atoms with van der Waals surface area (Å²) in [6.07, 6.45) is -0.389. The number of aryl methyl sites for hydroxylation is 2. The Hall–Kier alpha value is -3.61. The average Bonchev–Trinajstić information content (AvgIpc) is 2.73. The third-order valence-corrected chi connectivity index (χ3v) is 4.73. The van der Waals surface area contributed by atoms with Gasteiger partial charge in [0, 0.05) is 17.0 Å². The van der Waals surface area contributed by atoms with E-state index >= 15 is 0 Å². The summed E-state index contributed by atoms with van der Waals surface area (Å²) in [4.78, 5) is 36.4. The first-order chi connectivity index (χ1) is 14.4. The quantitative estimate of drug-likeness (QED) is 0.375. The first-order valence-electron chi connectivity index (χ1n) is 9.62. The number of amides is 1. The van der Waals surface area contributed by atoms with E-state index < -0.39 is 23.7 Å². The smallest absolute Gasteiger partial charge is 0.408 e. The van der Waals surface area contributed by atoms with Crippen molar-refractivity contribution in [3.05, 3.63) is 75.6 Å². The van der Waals surface area contributed by atoms with Crippen molar-refractivity contribution in [3.8, 4) is 5.75 Å². The van der Waals surface area contributed by atoms with Gasteiger partial charge in [0.2, 0.25) is 0 Å². The molecule has 0 bridgehead atoms. The molecule has 1 heterocycles. The Labute approximate surface area is 173 Å². The molecule has 0 aliphatic rings. The summed E-state index contributed by atoms with van der Waals surface area (Å²) in [6, 6.07) is 13.1. The highest BCUT2D eigenvalue weighted by Crippen LogP contribution is 2.28. The molecule has 3 rings (SSSR count). The number of carbonyl (C=O) groups is 2. The molecule has 156 valence electrons. The highest BCUT2D eigenvalue weighted by atomic mass is 16.6. The fourth-order valence-corrected chi connectivity index (χ4v) is 3.03. The minimum Gasteiger partial charge on any atom is -0.445 e. The maximum Gasteiger partial charge on any atom is 0.408 e. The van der Waals surface area contributed by atoms with Crippen LogP contribution in [0.15, 0.2) is 57.7 Å². The Balaban J connectivity index is 1.68. The summed E-state index contributed by atoms with van der Waals surface area (Å²) >= 11 is 0. The van der Waals surface area contributed by atoms with Crippen LogP contribution in [0.5, 0.6) is 5.75 Å². The Kier molecular flexibility index (Phi) is 6.51. The predicted octanol–water partition coefficient (Wildman–Crippen LogP) is 4.02. The Morgan fingerprint density at radius 3 is 2.53 bits per heavy atom. The molecule has 0 saturated carbocycles. The van der Waals surface area contributed by atoms with Crippen molar-refractivity contribution in [1.82, 2.24) is 5.32 Å². The summed E-state index contributed by atoms with van der Waals surface area (Å²) in [5.74, 6) is -0.370. The summed E-state index contributed by atoms with van der Waals surface area (Å²) in [5, 5.41) is 3.29. The van der Waals surface area contributed by atoms with E-state index in [0.717, 1.165) is 16.5 Å². The Morgan fingerprint density at radius 1 is 1.10 bits per heavy atom. The summed E-state index contributed by atoms with van der Waals surface area (Å²) < 4.78 is 15.9. The van der Waals surface area contributed by atoms with E-state index in [1.54, 1.807) is 26.0 Å². The van der Waals surface area contributed by atoms with E-state index in [1.165, 1.54) is 6.07 Å². The van der Waals surface area contributed by atoms with Crippen LogP contribution in [-0.2, 0) is 16.1 Å². The van der Waals surface area contributed by atoms with Gasteiger partial charge in [-0.15, -0.1) is 0 Å². The minimum atomic E-state index is -0.882. The fraction of sp³-hybridized carbons (Fsp3) is 0.261. The molecule has 7 nitrogen and oxygen atoms in total. The van der Waals surface area contributed by atoms with E-state index in [9.17, 15) is 14.4 Å². The molecule has 1 amide bonds. The number of esters is 1. The van der Waals surface area contributed by atoms with Gasteiger partial charge in [0.05, 0.1) is 0 Å². The van der Waals surface area contributed by atoms with Crippen LogP contribution in [0.3, 0.4) is 0 Å². The summed E-state index contributed by atoms with van der Waals surface area (Å²) in [5.41, 5.74) is 2.04. The van der Waals surface area contributed by atoms with Crippen molar-refractivity contribution in [2.24, 2.45) is 0 Å². The molecular formula is C23H23NO6. The number of nitrogens with one attached hydrogen (secondary N) is 1. The Morgan fingerprint density at radius 2 is 1.83 bits per heavy atom. The predicted molar refractivity (Wildman–Crippen MR) is 111 cm³/mol. The second-order valence-electron chi connectivity index (χ2n) is 6.90. The molecule has 7 heteroatoms. The zero-order chi connectivity index (χ0) is 21.7. The first-order valence-corrected chi connectivity index (χ1v) is 9.62. The van der Waals surface area contributed by atoms with Gasteiger partial charge in [-0.25, -0.2) is 14.4 Å². The SMILES string of the molecule is CC[C@@H](NC(=O)OCc1ccccc1)C(=O)Oc1ccc2c(C)cc(=O)oc2c1C. The number of carbonyl (C=O) groups excluding carboxylic acids is 2. The van der Waals surface area contributed by atoms with Crippen LogP contribution in [-0.4, -0.2) is 18.1 Å². The van der Waals surface area contributed by atoms with Gasteiger partial charge in [-0.2, -0.15) is 0 Å². The lowest BCUT2D eigenvalue weighted by molar-refractivity contribution is -0.136. The van der Waals surface area contributed by atoms with Crippen molar-refractivity contribution in [1.29, 1.82) is 0 Å². The van der Waals surface area contributed by atoms with Crippen LogP contribution in [0.4, 0.5) is 4.79 Å². The van der Waals surface area contributed by atoms with Gasteiger partial charge in [-0.3, -0.25) is 0 Å². The van der Waals surface area contributed by atoms with Crippen molar-refractivity contribution >= 4 is 23.0 Å². The molecule has 30 heavy (non-hydrogen) atoms. The van der Waals surface area contributed by atoms with Crippen molar-refractivity contribution < 1.29 is 23.5 Å². The molecule has 0 fully saturated rings. The Bertz CT molecular complexity index is 1120. The molecule has 3 aromatic rings. The van der Waals surface area contributed by atoms with E-state index in [0.29, 0.717) is 17.6 Å². The maximum atomic E-state index is 12.6. The highest BCUT2D eigenvalue weighted by molar-refractivity contribution is 5.87. The van der Waals surface area contributed by atoms with E-state index in [-0.39, 0.29) is 12.4 Å². The fourth-order valence-electron chi connectivity index (χ4n) is 3.03. The third-order valence-electron chi connectivity index (χ3n) is 4.73. The van der Waals surface area contributed by atoms with Gasteiger partial charge in [0.15, 0.2) is 0 Å². The van der Waals surface area contributed by atoms with Gasteiger partial charge >= 0.3 is 17.7 Å². The van der Waals surface area contributed by atoms with Crippen LogP contribution in [0.2, 0.25) is 0 Å². The number of rotatable bonds is 6. The van der Waals surface area contributed by atoms with Gasteiger partial charge in [-0.05, 0) is 43.5 Å². The lowest BCUT2D eigenvalue weighted by Crippen LogP contribution is -2.42. The van der Waals surface area contributed by atoms with E-state index in [1.807, 2.05) is 37.3 Å². The molecule has 0 unspecified atom stereocenters. The lowest BCUT2D eigenvalue weighted by Gasteiger charge is -2.17. The number of ether oxygens (including phenoxy) is 2. The molecule has 1 atom stereocenters. The molecule has 0 radical (unpaired) electrons. The highest BCUT2D eigenvalue weighted by Gasteiger charge is 2.23. The molecule has 0 spiro atoms. The average molecular weight is 409 g/mol. The van der Waals surface area contributed by atoms with Crippen LogP contribution in [0.25, 0.3) is 11.0 Å². The van der Waals surface area contributed by atoms with Gasteiger partial charge in [0.1, 0.15) is 24.0 Å². The zero-order valence-electron chi connectivity index (χ0n) is 17.1. The zero-order valence-corrected chi connectivity index (χ0v) is 17.1. The second kappa shape index (κ2) is 9.26. The van der Waals surface area contributed by atoms with E-state index in [4.69, 9.17) is 13.9 Å². The summed E-state index contributed by atoms with van der Waals surface area (Å²) in [6.45, 7) is 5.36. The van der Waals surface area contributed by atoms with Crippen LogP contribution < -0.4 is 15.7 Å². The van der Waals surface area contributed by atoms with Crippen LogP contribution in [0.1, 0.15) is 30.0 Å². The number of benzene rings is 2. The van der Waals surface area contributed by atoms with Crippen molar-refractivity contribution in [3.63, 3.8) is 0 Å². The van der Waals surface area contributed by atoms with Gasteiger partial charge in [0.25, 0.3) is 0 Å². The van der Waals surface area contributed by atoms with Gasteiger partial charge < -0.3 is 19.2 Å². The maximum absolute atomic E-state index is 12.6. The molecule has 2 aromatic carbocycles. The van der Waals surface area contributed by atoms with Crippen LogP contribution in [0, 0.1) is 13.8 Å². The summed E-state index contributed by atoms with van der Waals surface area (Å²) in [7, 11) is 0. The number of alkyl carbamates (subject to hydrolysis) is 1. The molecule has 0 aliphatic heterocycles. The van der Waals surface area contributed by atoms with Crippen molar-refractivity contribution in [2.45, 2.75) is 39.8 Å². The third kappa shape index (κ3) is 4.86. The topological polar surface area (TPSA) is 94.8 Å². The molecule has 0 aliphatic carbocycles. The second-order valence-corrected chi connectivity index (χ2v) is 6.90. The number of fused-ring (bicyclic) bond motifs is 1. The molecule has 1 N–H and O–H groups in total. The molecular weight excluding hydrogens is 386 g/mol. The monoisotopic (exact) mass is 409 g/mol. The first kappa shape index (κ1) is 21.1. The standard InChI is InChI=1S/C23H23NO6/c1-4-18(24-23(27)28-13-16-8-6-5-7-9-16)22(26)29-19-11-10-17-14(2)12-20(25)30-21(17)15(19)3/h5-12,18H,4,13H2,1-3H3,(H,24,27)/t18-/m1/s1. The van der Waals surface area contributed by atoms with E-state index in [2.05, 4.69) is 5.32 Å². The normalized spacial score (nSPS) is 11.7. The number of hydrogen-bond donors (Lipinski definition) is 1. The number of hydrogen-bond acceptors (Lipinski definition) is 6. The molecule has 1 aromatic heterocycles. The van der Waals surface area contributed by atoms with Crippen molar-refractivity contribution in [2.75, 3.05) is 0 Å². The lowest BCUT2D eigenvalue weighted by atomic mass is 10.1. The molecule has 0 saturated heterocycles. The minimum absolute atomic E-state index is 0.0975. The van der Waals surface area contributed by atoms with Crippen LogP contribution >= 0.6 is 0 Å². The largest absolute Gasteiger partial charge is 0.445 e. The van der Waals surface area contributed by atoms with Gasteiger partial charge in [-0.1, -0.05) is 37.3 Å².